The molecule has 0 saturated carbocycles. The van der Waals surface area contributed by atoms with Crippen molar-refractivity contribution in [3.63, 3.8) is 0 Å². The zero-order valence-corrected chi connectivity index (χ0v) is 16.4. The number of ether oxygens (including phenoxy) is 1. The second-order valence-electron chi connectivity index (χ2n) is 6.59. The Labute approximate surface area is 170 Å². The zero-order chi connectivity index (χ0) is 20.5. The minimum atomic E-state index is -0.225. The minimum Gasteiger partial charge on any atom is -0.457 e. The van der Waals surface area contributed by atoms with Crippen molar-refractivity contribution < 1.29 is 14.3 Å². The predicted octanol–water partition coefficient (Wildman–Crippen LogP) is 5.15. The second kappa shape index (κ2) is 10.1. The lowest BCUT2D eigenvalue weighted by atomic mass is 10.1. The molecule has 3 rings (SSSR count). The first-order valence-electron chi connectivity index (χ1n) is 9.64. The molecule has 0 aliphatic carbocycles. The number of rotatable bonds is 8. The molecule has 2 amide bonds. The van der Waals surface area contributed by atoms with E-state index in [2.05, 4.69) is 10.6 Å². The number of anilines is 1. The lowest BCUT2D eigenvalue weighted by molar-refractivity contribution is -0.116. The van der Waals surface area contributed by atoms with Gasteiger partial charge < -0.3 is 15.4 Å². The normalized spacial score (nSPS) is 10.2. The van der Waals surface area contributed by atoms with E-state index in [4.69, 9.17) is 4.74 Å². The highest BCUT2D eigenvalue weighted by atomic mass is 16.5. The van der Waals surface area contributed by atoms with Gasteiger partial charge in [-0.05, 0) is 48.4 Å². The third kappa shape index (κ3) is 5.94. The Morgan fingerprint density at radius 3 is 2.45 bits per heavy atom. The van der Waals surface area contributed by atoms with Crippen LogP contribution >= 0.6 is 0 Å². The van der Waals surface area contributed by atoms with E-state index in [0.717, 1.165) is 17.7 Å². The Morgan fingerprint density at radius 2 is 1.66 bits per heavy atom. The van der Waals surface area contributed by atoms with Crippen molar-refractivity contribution in [2.75, 3.05) is 5.32 Å². The van der Waals surface area contributed by atoms with E-state index in [1.165, 1.54) is 0 Å². The maximum Gasteiger partial charge on any atom is 0.255 e. The number of carbonyl (C=O) groups excluding carboxylic acids is 2. The molecule has 0 fully saturated rings. The quantitative estimate of drug-likeness (QED) is 0.561. The summed E-state index contributed by atoms with van der Waals surface area (Å²) in [5.41, 5.74) is 2.08. The van der Waals surface area contributed by atoms with Gasteiger partial charge in [0.2, 0.25) is 5.91 Å². The summed E-state index contributed by atoms with van der Waals surface area (Å²) < 4.78 is 5.86. The van der Waals surface area contributed by atoms with Gasteiger partial charge in [0.1, 0.15) is 11.5 Å². The summed E-state index contributed by atoms with van der Waals surface area (Å²) in [5.74, 6) is 0.928. The molecule has 29 heavy (non-hydrogen) atoms. The molecule has 5 nitrogen and oxygen atoms in total. The molecular weight excluding hydrogens is 364 g/mol. The molecule has 0 spiro atoms. The van der Waals surface area contributed by atoms with Crippen LogP contribution in [0.2, 0.25) is 0 Å². The monoisotopic (exact) mass is 388 g/mol. The summed E-state index contributed by atoms with van der Waals surface area (Å²) in [6.45, 7) is 2.31. The molecule has 3 aromatic carbocycles. The fourth-order valence-corrected chi connectivity index (χ4v) is 2.85. The fourth-order valence-electron chi connectivity index (χ4n) is 2.85. The van der Waals surface area contributed by atoms with E-state index >= 15 is 0 Å². The van der Waals surface area contributed by atoms with Crippen LogP contribution in [0.1, 0.15) is 35.7 Å². The third-order valence-corrected chi connectivity index (χ3v) is 4.24. The number of amides is 2. The summed E-state index contributed by atoms with van der Waals surface area (Å²) in [6, 6.07) is 23.9. The van der Waals surface area contributed by atoms with Gasteiger partial charge in [0.15, 0.2) is 0 Å². The van der Waals surface area contributed by atoms with Crippen LogP contribution in [0.15, 0.2) is 78.9 Å². The first kappa shape index (κ1) is 20.1. The van der Waals surface area contributed by atoms with Crippen molar-refractivity contribution in [2.45, 2.75) is 26.3 Å². The number of hydrogen-bond acceptors (Lipinski definition) is 3. The number of nitrogens with one attached hydrogen (secondary N) is 2. The maximum absolute atomic E-state index is 12.7. The van der Waals surface area contributed by atoms with E-state index in [0.29, 0.717) is 30.0 Å². The van der Waals surface area contributed by atoms with Gasteiger partial charge in [0, 0.05) is 18.7 Å². The molecule has 3 aromatic rings. The predicted molar refractivity (Wildman–Crippen MR) is 114 cm³/mol. The number of para-hydroxylation sites is 2. The Kier molecular flexibility index (Phi) is 7.00. The molecule has 0 heterocycles. The Balaban J connectivity index is 1.65. The summed E-state index contributed by atoms with van der Waals surface area (Å²) in [7, 11) is 0. The first-order chi connectivity index (χ1) is 14.2. The van der Waals surface area contributed by atoms with Crippen molar-refractivity contribution in [1.29, 1.82) is 0 Å². The maximum atomic E-state index is 12.7. The molecular formula is C24H24N2O3. The zero-order valence-electron chi connectivity index (χ0n) is 16.4. The van der Waals surface area contributed by atoms with Crippen molar-refractivity contribution in [2.24, 2.45) is 0 Å². The van der Waals surface area contributed by atoms with Gasteiger partial charge in [-0.15, -0.1) is 0 Å². The molecule has 148 valence electrons. The van der Waals surface area contributed by atoms with E-state index in [1.807, 2.05) is 67.6 Å². The highest BCUT2D eigenvalue weighted by Gasteiger charge is 2.12. The van der Waals surface area contributed by atoms with Gasteiger partial charge in [-0.3, -0.25) is 9.59 Å². The minimum absolute atomic E-state index is 0.0133. The van der Waals surface area contributed by atoms with E-state index in [1.54, 1.807) is 18.2 Å². The summed E-state index contributed by atoms with van der Waals surface area (Å²) >= 11 is 0. The van der Waals surface area contributed by atoms with Gasteiger partial charge in [-0.2, -0.15) is 0 Å². The third-order valence-electron chi connectivity index (χ3n) is 4.24. The highest BCUT2D eigenvalue weighted by Crippen LogP contribution is 2.25. The summed E-state index contributed by atoms with van der Waals surface area (Å²) in [4.78, 5) is 24.5. The Hall–Kier alpha value is -3.60. The topological polar surface area (TPSA) is 67.4 Å². The Bertz CT molecular complexity index is 971. The highest BCUT2D eigenvalue weighted by molar-refractivity contribution is 5.97. The molecule has 0 saturated heterocycles. The molecule has 0 aliphatic rings. The van der Waals surface area contributed by atoms with Crippen molar-refractivity contribution in [1.82, 2.24) is 5.32 Å². The standard InChI is InChI=1S/C24H24N2O3/c1-2-9-23(27)26-19-11-8-10-18(16-19)17-25-24(28)21-14-6-7-15-22(21)29-20-12-4-3-5-13-20/h3-8,10-16H,2,9,17H2,1H3,(H,25,28)(H,26,27). The molecule has 0 bridgehead atoms. The first-order valence-corrected chi connectivity index (χ1v) is 9.64. The molecule has 2 N–H and O–H groups in total. The van der Waals surface area contributed by atoms with Gasteiger partial charge in [0.25, 0.3) is 5.91 Å². The van der Waals surface area contributed by atoms with Crippen LogP contribution in [-0.2, 0) is 11.3 Å². The van der Waals surface area contributed by atoms with E-state index < -0.39 is 0 Å². The molecule has 0 aliphatic heterocycles. The van der Waals surface area contributed by atoms with Crippen LogP contribution in [0, 0.1) is 0 Å². The van der Waals surface area contributed by atoms with Crippen molar-refractivity contribution in [3.05, 3.63) is 90.0 Å². The lowest BCUT2D eigenvalue weighted by Crippen LogP contribution is -2.23. The van der Waals surface area contributed by atoms with Crippen LogP contribution in [0.3, 0.4) is 0 Å². The fraction of sp³-hybridized carbons (Fsp3) is 0.167. The molecule has 0 radical (unpaired) electrons. The average Bonchev–Trinajstić information content (AvgIpc) is 2.73. The van der Waals surface area contributed by atoms with Crippen LogP contribution in [0.4, 0.5) is 5.69 Å². The van der Waals surface area contributed by atoms with Crippen molar-refractivity contribution in [3.8, 4) is 11.5 Å². The van der Waals surface area contributed by atoms with Crippen LogP contribution in [0.25, 0.3) is 0 Å². The number of benzene rings is 3. The van der Waals surface area contributed by atoms with E-state index in [9.17, 15) is 9.59 Å². The Morgan fingerprint density at radius 1 is 0.897 bits per heavy atom. The largest absolute Gasteiger partial charge is 0.457 e. The second-order valence-corrected chi connectivity index (χ2v) is 6.59. The van der Waals surface area contributed by atoms with Gasteiger partial charge in [-0.1, -0.05) is 49.4 Å². The number of carbonyl (C=O) groups is 2. The van der Waals surface area contributed by atoms with Crippen LogP contribution in [-0.4, -0.2) is 11.8 Å². The summed E-state index contributed by atoms with van der Waals surface area (Å²) in [6.07, 6.45) is 1.28. The smallest absolute Gasteiger partial charge is 0.255 e. The average molecular weight is 388 g/mol. The van der Waals surface area contributed by atoms with E-state index in [-0.39, 0.29) is 11.8 Å². The lowest BCUT2D eigenvalue weighted by Gasteiger charge is -2.12. The van der Waals surface area contributed by atoms with Crippen LogP contribution < -0.4 is 15.4 Å². The van der Waals surface area contributed by atoms with Gasteiger partial charge in [-0.25, -0.2) is 0 Å². The molecule has 0 aromatic heterocycles. The van der Waals surface area contributed by atoms with Crippen LogP contribution in [0.5, 0.6) is 11.5 Å². The SMILES string of the molecule is CCCC(=O)Nc1cccc(CNC(=O)c2ccccc2Oc2ccccc2)c1. The number of hydrogen-bond donors (Lipinski definition) is 2. The van der Waals surface area contributed by atoms with Crippen molar-refractivity contribution >= 4 is 17.5 Å². The molecule has 5 heteroatoms. The van der Waals surface area contributed by atoms with Gasteiger partial charge >= 0.3 is 0 Å². The van der Waals surface area contributed by atoms with Gasteiger partial charge in [0.05, 0.1) is 5.56 Å². The molecule has 0 atom stereocenters. The summed E-state index contributed by atoms with van der Waals surface area (Å²) in [5, 5.41) is 5.78. The molecule has 0 unspecified atom stereocenters.